The molecule has 0 aliphatic rings. The summed E-state index contributed by atoms with van der Waals surface area (Å²) in [6, 6.07) is 12.0. The topological polar surface area (TPSA) is 78.9 Å². The molecule has 18 heavy (non-hydrogen) atoms. The van der Waals surface area contributed by atoms with E-state index >= 15 is 0 Å². The van der Waals surface area contributed by atoms with Crippen LogP contribution < -0.4 is 11.1 Å². The molecule has 1 aromatic carbocycles. The number of benzene rings is 1. The maximum atomic E-state index is 10.5. The van der Waals surface area contributed by atoms with E-state index in [0.717, 1.165) is 24.9 Å². The van der Waals surface area contributed by atoms with Crippen molar-refractivity contribution in [1.29, 1.82) is 5.26 Å². The van der Waals surface area contributed by atoms with Crippen LogP contribution in [0.3, 0.4) is 0 Å². The number of nitrogens with zero attached hydrogens (tertiary/aromatic N) is 1. The summed E-state index contributed by atoms with van der Waals surface area (Å²) in [5.74, 6) is -0.378. The number of nitrogens with two attached hydrogens (primary N) is 1. The summed E-state index contributed by atoms with van der Waals surface area (Å²) in [5.41, 5.74) is 6.08. The number of amides is 1. The molecule has 0 saturated carbocycles. The number of nitrogens with one attached hydrogen (secondary N) is 1. The van der Waals surface area contributed by atoms with Gasteiger partial charge in [-0.2, -0.15) is 5.26 Å². The molecule has 0 spiro atoms. The average Bonchev–Trinajstić information content (AvgIpc) is 2.38. The summed E-state index contributed by atoms with van der Waals surface area (Å²) in [6.45, 7) is 1.44. The Morgan fingerprint density at radius 3 is 2.67 bits per heavy atom. The van der Waals surface area contributed by atoms with Gasteiger partial charge in [-0.1, -0.05) is 30.3 Å². The first-order chi connectivity index (χ1) is 8.74. The van der Waals surface area contributed by atoms with Gasteiger partial charge in [-0.25, -0.2) is 0 Å². The fourth-order valence-corrected chi connectivity index (χ4v) is 1.72. The van der Waals surface area contributed by atoms with Crippen LogP contribution in [0.1, 0.15) is 30.7 Å². The number of unbranched alkanes of at least 4 members (excludes halogenated alkanes) is 1. The Balaban J connectivity index is 2.21. The molecule has 0 fully saturated rings. The number of nitriles is 1. The summed E-state index contributed by atoms with van der Waals surface area (Å²) in [5, 5.41) is 12.3. The number of primary amides is 1. The summed E-state index contributed by atoms with van der Waals surface area (Å²) in [7, 11) is 0. The predicted octanol–water partition coefficient (Wildman–Crippen LogP) is 1.54. The van der Waals surface area contributed by atoms with Crippen LogP contribution in [0.4, 0.5) is 0 Å². The number of rotatable bonds is 8. The smallest absolute Gasteiger partial charge is 0.217 e. The number of carbonyl (C=O) groups is 1. The lowest BCUT2D eigenvalue weighted by Gasteiger charge is -2.10. The van der Waals surface area contributed by atoms with Crippen molar-refractivity contribution < 1.29 is 4.79 Å². The Bertz CT molecular complexity index is 397. The van der Waals surface area contributed by atoms with Crippen LogP contribution in [-0.2, 0) is 4.79 Å². The molecule has 96 valence electrons. The zero-order valence-corrected chi connectivity index (χ0v) is 10.4. The molecule has 0 bridgehead atoms. The molecule has 0 aliphatic heterocycles. The van der Waals surface area contributed by atoms with Crippen molar-refractivity contribution in [2.45, 2.75) is 25.2 Å². The van der Waals surface area contributed by atoms with Gasteiger partial charge in [0, 0.05) is 13.0 Å². The van der Waals surface area contributed by atoms with Gasteiger partial charge in [-0.05, 0) is 24.9 Å². The fraction of sp³-hybridized carbons (Fsp3) is 0.429. The van der Waals surface area contributed by atoms with E-state index in [4.69, 9.17) is 11.0 Å². The van der Waals surface area contributed by atoms with Crippen LogP contribution in [0.5, 0.6) is 0 Å². The third-order valence-electron chi connectivity index (χ3n) is 2.73. The Morgan fingerprint density at radius 2 is 2.06 bits per heavy atom. The van der Waals surface area contributed by atoms with Crippen LogP contribution in [0.2, 0.25) is 0 Å². The molecule has 0 aliphatic carbocycles. The van der Waals surface area contributed by atoms with Crippen molar-refractivity contribution in [3.05, 3.63) is 35.9 Å². The molecule has 1 unspecified atom stereocenters. The van der Waals surface area contributed by atoms with Crippen LogP contribution in [0.15, 0.2) is 30.3 Å². The molecule has 0 heterocycles. The molecule has 3 N–H and O–H groups in total. The molecule has 0 aromatic heterocycles. The number of carbonyl (C=O) groups excluding carboxylic acids is 1. The third-order valence-corrected chi connectivity index (χ3v) is 2.73. The van der Waals surface area contributed by atoms with Gasteiger partial charge in [0.05, 0.1) is 12.0 Å². The summed E-state index contributed by atoms with van der Waals surface area (Å²) in [6.07, 6.45) is 2.13. The van der Waals surface area contributed by atoms with Crippen LogP contribution in [-0.4, -0.2) is 19.0 Å². The minimum Gasteiger partial charge on any atom is -0.370 e. The zero-order valence-electron chi connectivity index (χ0n) is 10.4. The van der Waals surface area contributed by atoms with Crippen molar-refractivity contribution in [2.24, 2.45) is 5.73 Å². The van der Waals surface area contributed by atoms with Gasteiger partial charge in [-0.3, -0.25) is 4.79 Å². The van der Waals surface area contributed by atoms with Crippen molar-refractivity contribution in [1.82, 2.24) is 5.32 Å². The Morgan fingerprint density at radius 1 is 1.33 bits per heavy atom. The highest BCUT2D eigenvalue weighted by Gasteiger charge is 2.08. The molecule has 1 atom stereocenters. The Kier molecular flexibility index (Phi) is 6.52. The molecule has 0 saturated heterocycles. The minimum absolute atomic E-state index is 0.123. The normalized spacial score (nSPS) is 11.7. The monoisotopic (exact) mass is 245 g/mol. The second-order valence-electron chi connectivity index (χ2n) is 4.22. The van der Waals surface area contributed by atoms with Crippen LogP contribution in [0.25, 0.3) is 0 Å². The molecular formula is C14H19N3O. The lowest BCUT2D eigenvalue weighted by molar-refractivity contribution is -0.118. The predicted molar refractivity (Wildman–Crippen MR) is 70.7 cm³/mol. The van der Waals surface area contributed by atoms with Crippen molar-refractivity contribution >= 4 is 5.91 Å². The van der Waals surface area contributed by atoms with Gasteiger partial charge in [0.15, 0.2) is 0 Å². The second-order valence-corrected chi connectivity index (χ2v) is 4.22. The molecule has 1 aromatic rings. The molecule has 1 amide bonds. The van der Waals surface area contributed by atoms with Gasteiger partial charge < -0.3 is 11.1 Å². The van der Waals surface area contributed by atoms with E-state index in [2.05, 4.69) is 11.4 Å². The summed E-state index contributed by atoms with van der Waals surface area (Å²) < 4.78 is 0. The second kappa shape index (κ2) is 8.26. The quantitative estimate of drug-likeness (QED) is 0.682. The van der Waals surface area contributed by atoms with Gasteiger partial charge in [0.25, 0.3) is 0 Å². The molecule has 4 heteroatoms. The van der Waals surface area contributed by atoms with Crippen molar-refractivity contribution in [2.75, 3.05) is 13.1 Å². The zero-order chi connectivity index (χ0) is 13.2. The minimum atomic E-state index is -0.255. The van der Waals surface area contributed by atoms with Crippen molar-refractivity contribution in [3.8, 4) is 6.07 Å². The highest BCUT2D eigenvalue weighted by molar-refractivity contribution is 5.73. The maximum Gasteiger partial charge on any atom is 0.217 e. The largest absolute Gasteiger partial charge is 0.370 e. The van der Waals surface area contributed by atoms with Crippen LogP contribution in [0, 0.1) is 11.3 Å². The summed E-state index contributed by atoms with van der Waals surface area (Å²) >= 11 is 0. The maximum absolute atomic E-state index is 10.5. The third kappa shape index (κ3) is 5.46. The number of hydrogen-bond donors (Lipinski definition) is 2. The Hall–Kier alpha value is -1.86. The number of hydrogen-bond acceptors (Lipinski definition) is 3. The first-order valence-electron chi connectivity index (χ1n) is 6.17. The lowest BCUT2D eigenvalue weighted by atomic mass is 10.0. The molecular weight excluding hydrogens is 226 g/mol. The van der Waals surface area contributed by atoms with Crippen LogP contribution >= 0.6 is 0 Å². The average molecular weight is 245 g/mol. The summed E-state index contributed by atoms with van der Waals surface area (Å²) in [4.78, 5) is 10.5. The molecule has 4 nitrogen and oxygen atoms in total. The SMILES string of the molecule is N#CC(CNCCCCC(N)=O)c1ccccc1. The fourth-order valence-electron chi connectivity index (χ4n) is 1.72. The highest BCUT2D eigenvalue weighted by Crippen LogP contribution is 2.12. The van der Waals surface area contributed by atoms with Gasteiger partial charge >= 0.3 is 0 Å². The van der Waals surface area contributed by atoms with E-state index in [0.29, 0.717) is 13.0 Å². The highest BCUT2D eigenvalue weighted by atomic mass is 16.1. The van der Waals surface area contributed by atoms with E-state index in [1.165, 1.54) is 0 Å². The van der Waals surface area contributed by atoms with E-state index < -0.39 is 0 Å². The van der Waals surface area contributed by atoms with Gasteiger partial charge in [0.2, 0.25) is 5.91 Å². The van der Waals surface area contributed by atoms with Crippen molar-refractivity contribution in [3.63, 3.8) is 0 Å². The van der Waals surface area contributed by atoms with E-state index in [1.807, 2.05) is 30.3 Å². The molecule has 0 radical (unpaired) electrons. The van der Waals surface area contributed by atoms with Gasteiger partial charge in [0.1, 0.15) is 0 Å². The first kappa shape index (κ1) is 14.2. The van der Waals surface area contributed by atoms with Gasteiger partial charge in [-0.15, -0.1) is 0 Å². The molecule has 1 rings (SSSR count). The van der Waals surface area contributed by atoms with E-state index in [-0.39, 0.29) is 11.8 Å². The van der Waals surface area contributed by atoms with E-state index in [9.17, 15) is 4.79 Å². The standard InChI is InChI=1S/C14H19N3O/c15-10-13(12-6-2-1-3-7-12)11-17-9-5-4-8-14(16)18/h1-3,6-7,13,17H,4-5,8-9,11H2,(H2,16,18). The Labute approximate surface area is 108 Å². The van der Waals surface area contributed by atoms with E-state index in [1.54, 1.807) is 0 Å². The lowest BCUT2D eigenvalue weighted by Crippen LogP contribution is -2.22. The first-order valence-corrected chi connectivity index (χ1v) is 6.17.